The first-order valence-corrected chi connectivity index (χ1v) is 20.8. The molecule has 0 saturated heterocycles. The summed E-state index contributed by atoms with van der Waals surface area (Å²) in [6.07, 6.45) is 3.68. The maximum atomic E-state index is 6.63. The molecule has 0 aliphatic carbocycles. The molecule has 6 aromatic heterocycles. The number of aromatic nitrogens is 5. The quantitative estimate of drug-likeness (QED) is 0.177. The van der Waals surface area contributed by atoms with Gasteiger partial charge < -0.3 is 13.4 Å². The van der Waals surface area contributed by atoms with Crippen molar-refractivity contribution in [2.75, 3.05) is 0 Å². The summed E-state index contributed by atoms with van der Waals surface area (Å²) in [5, 5.41) is 10.00. The maximum Gasteiger partial charge on any atom is 0.236 e. The zero-order valence-electron chi connectivity index (χ0n) is 33.0. The van der Waals surface area contributed by atoms with Crippen LogP contribution in [0.4, 0.5) is 0 Å². The predicted octanol–water partition coefficient (Wildman–Crippen LogP) is 14.4. The number of rotatable bonds is 4. The number of pyridine rings is 1. The van der Waals surface area contributed by atoms with Gasteiger partial charge in [0.25, 0.3) is 0 Å². The number of hydrogen-bond donors (Lipinski definition) is 0. The van der Waals surface area contributed by atoms with Gasteiger partial charge in [-0.05, 0) is 83.1 Å². The molecule has 0 amide bonds. The molecule has 62 heavy (non-hydrogen) atoms. The summed E-state index contributed by atoms with van der Waals surface area (Å²) in [7, 11) is 0. The summed E-state index contributed by atoms with van der Waals surface area (Å²) in [5.74, 6) is 0.585. The summed E-state index contributed by atoms with van der Waals surface area (Å²) in [5.41, 5.74) is 13.0. The lowest BCUT2D eigenvalue weighted by Crippen LogP contribution is -2.03. The minimum absolute atomic E-state index is 0.585. The first-order chi connectivity index (χ1) is 30.7. The van der Waals surface area contributed by atoms with Gasteiger partial charge in [0.1, 0.15) is 28.0 Å². The van der Waals surface area contributed by atoms with E-state index in [0.29, 0.717) is 11.5 Å². The van der Waals surface area contributed by atoms with Crippen molar-refractivity contribution in [2.45, 2.75) is 0 Å². The molecule has 8 aromatic carbocycles. The van der Waals surface area contributed by atoms with Crippen molar-refractivity contribution >= 4 is 98.4 Å². The van der Waals surface area contributed by atoms with E-state index in [2.05, 4.69) is 142 Å². The lowest BCUT2D eigenvalue weighted by molar-refractivity contribution is 0.666. The average molecular weight is 794 g/mol. The first-order valence-electron chi connectivity index (χ1n) is 20.8. The summed E-state index contributed by atoms with van der Waals surface area (Å²) < 4.78 is 17.8. The van der Waals surface area contributed by atoms with Gasteiger partial charge in [0.2, 0.25) is 5.95 Å². The molecular formula is C55H31N5O2. The second-order valence-corrected chi connectivity index (χ2v) is 16.0. The minimum Gasteiger partial charge on any atom is -0.455 e. The Morgan fingerprint density at radius 2 is 1.08 bits per heavy atom. The van der Waals surface area contributed by atoms with E-state index in [1.165, 1.54) is 16.2 Å². The van der Waals surface area contributed by atoms with E-state index in [1.54, 1.807) is 0 Å². The molecule has 0 aliphatic heterocycles. The minimum atomic E-state index is 0.585. The van der Waals surface area contributed by atoms with Gasteiger partial charge in [0.15, 0.2) is 5.58 Å². The van der Waals surface area contributed by atoms with Crippen LogP contribution in [0.3, 0.4) is 0 Å². The number of furan rings is 2. The maximum absolute atomic E-state index is 6.63. The Balaban J connectivity index is 1.13. The molecule has 6 heterocycles. The number of para-hydroxylation sites is 3. The van der Waals surface area contributed by atoms with Crippen molar-refractivity contribution in [1.29, 1.82) is 0 Å². The molecule has 0 atom stereocenters. The second-order valence-electron chi connectivity index (χ2n) is 16.0. The molecule has 0 bridgehead atoms. The molecule has 0 unspecified atom stereocenters. The topological polar surface area (TPSA) is 74.8 Å². The van der Waals surface area contributed by atoms with Crippen LogP contribution >= 0.6 is 0 Å². The Bertz CT molecular complexity index is 4160. The van der Waals surface area contributed by atoms with Crippen LogP contribution in [-0.4, -0.2) is 24.1 Å². The van der Waals surface area contributed by atoms with Crippen LogP contribution < -0.4 is 0 Å². The summed E-state index contributed by atoms with van der Waals surface area (Å²) >= 11 is 0. The Morgan fingerprint density at radius 1 is 0.403 bits per heavy atom. The van der Waals surface area contributed by atoms with E-state index >= 15 is 0 Å². The third-order valence-corrected chi connectivity index (χ3v) is 12.6. The van der Waals surface area contributed by atoms with Crippen molar-refractivity contribution in [3.05, 3.63) is 188 Å². The Labute approximate surface area is 352 Å². The molecular weight excluding hydrogens is 763 g/mol. The van der Waals surface area contributed by atoms with Crippen molar-refractivity contribution in [3.8, 4) is 34.0 Å². The molecule has 0 radical (unpaired) electrons. The summed E-state index contributed by atoms with van der Waals surface area (Å²) in [6, 6.07) is 61.8. The smallest absolute Gasteiger partial charge is 0.236 e. The van der Waals surface area contributed by atoms with Gasteiger partial charge in [0.05, 0.1) is 22.1 Å². The highest BCUT2D eigenvalue weighted by atomic mass is 16.3. The Hall–Kier alpha value is -8.55. The summed E-state index contributed by atoms with van der Waals surface area (Å²) in [6.45, 7) is 0. The molecule has 14 rings (SSSR count). The standard InChI is InChI=1S/C55H31N5O2/c1-2-13-34(14-3-1)51-54-52(39-18-8-11-21-49(39)62-54)58-55(57-51)60-44-19-9-6-16-37(44)41-30-47-43(31-46(41)60)50-36-15-5-4-12-32(36)22-23-45(50)59(47)35-28-40(33-24-26-56-27-25-33)53-42(29-35)38-17-7-10-20-48(38)61-53/h1-31H. The molecule has 0 aliphatic rings. The van der Waals surface area contributed by atoms with Crippen molar-refractivity contribution in [2.24, 2.45) is 0 Å². The normalized spacial score (nSPS) is 12.2. The summed E-state index contributed by atoms with van der Waals surface area (Å²) in [4.78, 5) is 15.1. The van der Waals surface area contributed by atoms with E-state index in [9.17, 15) is 0 Å². The monoisotopic (exact) mass is 793 g/mol. The average Bonchev–Trinajstić information content (AvgIpc) is 4.08. The van der Waals surface area contributed by atoms with Crippen molar-refractivity contribution in [1.82, 2.24) is 24.1 Å². The lowest BCUT2D eigenvalue weighted by atomic mass is 10.0. The van der Waals surface area contributed by atoms with Gasteiger partial charge in [-0.3, -0.25) is 9.55 Å². The molecule has 14 aromatic rings. The van der Waals surface area contributed by atoms with Gasteiger partial charge in [-0.25, -0.2) is 9.97 Å². The second kappa shape index (κ2) is 12.5. The molecule has 7 nitrogen and oxygen atoms in total. The van der Waals surface area contributed by atoms with Crippen LogP contribution in [0, 0.1) is 0 Å². The van der Waals surface area contributed by atoms with Gasteiger partial charge in [-0.2, -0.15) is 0 Å². The predicted molar refractivity (Wildman–Crippen MR) is 251 cm³/mol. The number of nitrogens with zero attached hydrogens (tertiary/aromatic N) is 5. The molecule has 7 heteroatoms. The number of fused-ring (bicyclic) bond motifs is 14. The largest absolute Gasteiger partial charge is 0.455 e. The van der Waals surface area contributed by atoms with Crippen LogP contribution in [-0.2, 0) is 0 Å². The molecule has 0 fully saturated rings. The highest BCUT2D eigenvalue weighted by Gasteiger charge is 2.24. The van der Waals surface area contributed by atoms with Crippen LogP contribution in [0.5, 0.6) is 0 Å². The van der Waals surface area contributed by atoms with E-state index in [1.807, 2.05) is 60.9 Å². The van der Waals surface area contributed by atoms with Crippen molar-refractivity contribution in [3.63, 3.8) is 0 Å². The zero-order chi connectivity index (χ0) is 40.5. The van der Waals surface area contributed by atoms with Gasteiger partial charge in [-0.15, -0.1) is 0 Å². The lowest BCUT2D eigenvalue weighted by Gasteiger charge is -2.12. The van der Waals surface area contributed by atoms with E-state index in [4.69, 9.17) is 18.8 Å². The van der Waals surface area contributed by atoms with E-state index in [-0.39, 0.29) is 0 Å². The molecule has 0 spiro atoms. The molecule has 288 valence electrons. The number of hydrogen-bond acceptors (Lipinski definition) is 5. The van der Waals surface area contributed by atoms with Gasteiger partial charge in [-0.1, -0.05) is 109 Å². The van der Waals surface area contributed by atoms with Crippen LogP contribution in [0.25, 0.3) is 132 Å². The van der Waals surface area contributed by atoms with Crippen LogP contribution in [0.15, 0.2) is 197 Å². The first kappa shape index (κ1) is 33.3. The Morgan fingerprint density at radius 3 is 1.94 bits per heavy atom. The van der Waals surface area contributed by atoms with E-state index < -0.39 is 0 Å². The van der Waals surface area contributed by atoms with Crippen LogP contribution in [0.1, 0.15) is 0 Å². The van der Waals surface area contributed by atoms with E-state index in [0.717, 1.165) is 105 Å². The highest BCUT2D eigenvalue weighted by Crippen LogP contribution is 2.45. The number of benzene rings is 8. The zero-order valence-corrected chi connectivity index (χ0v) is 33.0. The molecule has 0 N–H and O–H groups in total. The SMILES string of the molecule is c1ccc(-c2nc(-n3c4ccccc4c4cc5c(cc43)c3c4ccccc4ccc3n5-c3cc(-c4ccncc4)c4oc5ccccc5c4c3)nc3c2oc2ccccc23)cc1. The fourth-order valence-corrected chi connectivity index (χ4v) is 9.90. The molecule has 0 saturated carbocycles. The van der Waals surface area contributed by atoms with Gasteiger partial charge >= 0.3 is 0 Å². The fraction of sp³-hybridized carbons (Fsp3) is 0. The van der Waals surface area contributed by atoms with Crippen LogP contribution in [0.2, 0.25) is 0 Å². The van der Waals surface area contributed by atoms with Crippen molar-refractivity contribution < 1.29 is 8.83 Å². The van der Waals surface area contributed by atoms with Gasteiger partial charge in [0, 0.05) is 66.9 Å². The third kappa shape index (κ3) is 4.61. The Kier molecular flexibility index (Phi) is 6.71. The fourth-order valence-electron chi connectivity index (χ4n) is 9.90. The highest BCUT2D eigenvalue weighted by molar-refractivity contribution is 6.25. The third-order valence-electron chi connectivity index (χ3n) is 12.6.